The number of aliphatic hydroxyl groups excluding tert-OH is 1. The van der Waals surface area contributed by atoms with Crippen LogP contribution in [0, 0.1) is 0 Å². The van der Waals surface area contributed by atoms with Crippen molar-refractivity contribution in [3.63, 3.8) is 0 Å². The van der Waals surface area contributed by atoms with E-state index in [2.05, 4.69) is 198 Å². The summed E-state index contributed by atoms with van der Waals surface area (Å²) in [4.78, 5) is 73.1. The lowest BCUT2D eigenvalue weighted by Gasteiger charge is -2.21. The van der Waals surface area contributed by atoms with Crippen molar-refractivity contribution in [1.29, 1.82) is 0 Å². The van der Waals surface area contributed by atoms with Crippen LogP contribution in [-0.4, -0.2) is 96.7 Å². The van der Waals surface area contributed by atoms with Gasteiger partial charge in [-0.25, -0.2) is 9.13 Å². The van der Waals surface area contributed by atoms with Crippen LogP contribution in [0.2, 0.25) is 0 Å². The summed E-state index contributed by atoms with van der Waals surface area (Å²) in [7, 11) is -10.00. The van der Waals surface area contributed by atoms with Crippen LogP contribution >= 0.6 is 15.6 Å². The second kappa shape index (κ2) is 77.6. The smallest absolute Gasteiger partial charge is 0.462 e. The van der Waals surface area contributed by atoms with E-state index in [1.165, 1.54) is 0 Å². The monoisotopic (exact) mass is 1520 g/mol. The molecule has 0 aliphatic rings. The minimum atomic E-state index is -5.00. The number of ether oxygens (including phenoxy) is 4. The van der Waals surface area contributed by atoms with Crippen molar-refractivity contribution in [2.45, 2.75) is 316 Å². The summed E-state index contributed by atoms with van der Waals surface area (Å²) in [6.07, 6.45) is 91.8. The molecule has 0 saturated carbocycles. The first-order chi connectivity index (χ1) is 51.7. The van der Waals surface area contributed by atoms with Crippen LogP contribution in [0.15, 0.2) is 170 Å². The number of allylic oxidation sites excluding steroid dienone is 28. The average Bonchev–Trinajstić information content (AvgIpc) is 0.900. The molecule has 0 spiro atoms. The summed E-state index contributed by atoms with van der Waals surface area (Å²) in [6.45, 7) is 4.37. The van der Waals surface area contributed by atoms with E-state index in [1.54, 1.807) is 0 Å². The highest BCUT2D eigenvalue weighted by molar-refractivity contribution is 7.47. The van der Waals surface area contributed by atoms with Gasteiger partial charge in [0.1, 0.15) is 19.3 Å². The van der Waals surface area contributed by atoms with Crippen LogP contribution in [0.1, 0.15) is 297 Å². The normalized spacial score (nSPS) is 14.7. The minimum Gasteiger partial charge on any atom is -0.462 e. The quantitative estimate of drug-likeness (QED) is 0.0169. The molecule has 0 aliphatic heterocycles. The van der Waals surface area contributed by atoms with Gasteiger partial charge in [0.05, 0.1) is 26.4 Å². The maximum atomic E-state index is 13.1. The zero-order valence-corrected chi connectivity index (χ0v) is 67.6. The number of rotatable bonds is 74. The average molecular weight is 1520 g/mol. The van der Waals surface area contributed by atoms with Gasteiger partial charge in [-0.3, -0.25) is 37.3 Å². The maximum Gasteiger partial charge on any atom is 0.472 e. The van der Waals surface area contributed by atoms with Crippen molar-refractivity contribution in [3.8, 4) is 0 Å². The van der Waals surface area contributed by atoms with E-state index in [-0.39, 0.29) is 25.7 Å². The van der Waals surface area contributed by atoms with Gasteiger partial charge in [0.15, 0.2) is 12.2 Å². The maximum absolute atomic E-state index is 13.1. The molecule has 0 fully saturated rings. The topological polar surface area (TPSA) is 237 Å². The summed E-state index contributed by atoms with van der Waals surface area (Å²) in [6, 6.07) is 0. The first kappa shape index (κ1) is 100. The Balaban J connectivity index is 5.43. The molecule has 0 aliphatic carbocycles. The fraction of sp³-hybridized carbons (Fsp3) is 0.632. The van der Waals surface area contributed by atoms with Gasteiger partial charge in [0.2, 0.25) is 0 Å². The first-order valence-corrected chi connectivity index (χ1v) is 43.4. The first-order valence-electron chi connectivity index (χ1n) is 40.4. The summed E-state index contributed by atoms with van der Waals surface area (Å²) < 4.78 is 68.6. The van der Waals surface area contributed by atoms with Gasteiger partial charge in [0, 0.05) is 25.7 Å². The van der Waals surface area contributed by atoms with Gasteiger partial charge < -0.3 is 33.8 Å². The van der Waals surface area contributed by atoms with Gasteiger partial charge in [0.25, 0.3) is 0 Å². The lowest BCUT2D eigenvalue weighted by Crippen LogP contribution is -2.30. The minimum absolute atomic E-state index is 0.0549. The number of carbonyl (C=O) groups excluding carboxylic acids is 4. The fourth-order valence-electron chi connectivity index (χ4n) is 10.1. The molecule has 0 aromatic carbocycles. The van der Waals surface area contributed by atoms with E-state index in [9.17, 15) is 43.2 Å². The Kier molecular flexibility index (Phi) is 73.5. The van der Waals surface area contributed by atoms with E-state index in [4.69, 9.17) is 37.0 Å². The van der Waals surface area contributed by atoms with Crippen molar-refractivity contribution < 1.29 is 80.2 Å². The van der Waals surface area contributed by atoms with Crippen LogP contribution in [0.5, 0.6) is 0 Å². The van der Waals surface area contributed by atoms with E-state index >= 15 is 0 Å². The predicted octanol–water partition coefficient (Wildman–Crippen LogP) is 23.8. The van der Waals surface area contributed by atoms with E-state index in [0.717, 1.165) is 218 Å². The second-order valence-electron chi connectivity index (χ2n) is 26.2. The molecule has 17 nitrogen and oxygen atoms in total. The standard InChI is InChI=1S/C87H142O17P2/c1-5-9-13-17-21-25-29-33-36-39-40-43-45-49-52-56-60-64-68-72-85(90)97-77-82(103-86(91)73-69-65-61-57-53-47-32-28-24-20-16-12-8-4)79-101-105(93,94)99-75-81(88)76-100-106(95,96)102-80-83(104-87(92)74-70-66-62-58-54-50-46-42-38-35-31-27-23-19-15-11-7-3)78-98-84(89)71-67-63-59-55-51-48-44-41-37-34-30-26-22-18-14-10-6-2/h9-11,13-16,20-23,25-28,32-38,40,43-44,46,48,50,81-83,88H,5-8,12,17-19,24,29-31,39,41-42,45,47,49,51-80H2,1-4H3,(H,93,94)(H,95,96)/b13-9-,14-10-,15-11-,20-16-,25-21-,26-22-,27-23-,32-28-,36-33-,37-34-,38-35-,43-40-,48-44-,50-46-. The third-order valence-electron chi connectivity index (χ3n) is 16.1. The molecule has 0 rings (SSSR count). The number of phosphoric ester groups is 2. The van der Waals surface area contributed by atoms with Crippen LogP contribution < -0.4 is 0 Å². The molecule has 0 aromatic rings. The third-order valence-corrected chi connectivity index (χ3v) is 18.0. The van der Waals surface area contributed by atoms with Crippen LogP contribution in [-0.2, 0) is 65.4 Å². The summed E-state index contributed by atoms with van der Waals surface area (Å²) in [5, 5.41) is 10.7. The van der Waals surface area contributed by atoms with Crippen molar-refractivity contribution >= 4 is 39.5 Å². The Morgan fingerprint density at radius 1 is 0.274 bits per heavy atom. The number of aliphatic hydroxyl groups is 1. The van der Waals surface area contributed by atoms with E-state index < -0.39 is 97.5 Å². The lowest BCUT2D eigenvalue weighted by atomic mass is 10.1. The summed E-state index contributed by atoms with van der Waals surface area (Å²) >= 11 is 0. The SMILES string of the molecule is CC/C=C\C/C=C\C/C=C\C/C=C\CCCCCCCCC(=O)OCC(COP(=O)(O)OCC(O)COP(=O)(O)OCC(COC(=O)CCCCCC/C=C\C/C=C\C/C=C\C/C=C\CC)OC(=O)CCCCCC/C=C\C/C=C\C/C=C\C/C=C\CC)OC(=O)CCCCCCC/C=C\C/C=C\CCC. The van der Waals surface area contributed by atoms with Gasteiger partial charge in [-0.2, -0.15) is 0 Å². The van der Waals surface area contributed by atoms with Gasteiger partial charge in [-0.15, -0.1) is 0 Å². The lowest BCUT2D eigenvalue weighted by molar-refractivity contribution is -0.161. The molecule has 602 valence electrons. The van der Waals surface area contributed by atoms with E-state index in [1.807, 2.05) is 0 Å². The highest BCUT2D eigenvalue weighted by Gasteiger charge is 2.30. The number of phosphoric acid groups is 2. The van der Waals surface area contributed by atoms with Crippen LogP contribution in [0.3, 0.4) is 0 Å². The number of esters is 4. The van der Waals surface area contributed by atoms with Crippen LogP contribution in [0.25, 0.3) is 0 Å². The molecule has 106 heavy (non-hydrogen) atoms. The van der Waals surface area contributed by atoms with Crippen molar-refractivity contribution in [1.82, 2.24) is 0 Å². The molecular formula is C87H142O17P2. The Morgan fingerprint density at radius 3 is 0.755 bits per heavy atom. The predicted molar refractivity (Wildman–Crippen MR) is 436 cm³/mol. The third kappa shape index (κ3) is 76.6. The molecule has 0 radical (unpaired) electrons. The zero-order valence-electron chi connectivity index (χ0n) is 65.8. The number of carbonyl (C=O) groups is 4. The molecule has 19 heteroatoms. The Hall–Kier alpha value is -5.58. The molecule has 3 N–H and O–H groups in total. The Morgan fingerprint density at radius 2 is 0.491 bits per heavy atom. The van der Waals surface area contributed by atoms with Crippen molar-refractivity contribution in [2.24, 2.45) is 0 Å². The van der Waals surface area contributed by atoms with Crippen LogP contribution in [0.4, 0.5) is 0 Å². The highest BCUT2D eigenvalue weighted by Crippen LogP contribution is 2.45. The molecule has 0 amide bonds. The largest absolute Gasteiger partial charge is 0.472 e. The van der Waals surface area contributed by atoms with Gasteiger partial charge in [-0.1, -0.05) is 275 Å². The zero-order chi connectivity index (χ0) is 77.4. The number of hydrogen-bond acceptors (Lipinski definition) is 15. The second-order valence-corrected chi connectivity index (χ2v) is 29.1. The molecule has 0 heterocycles. The molecule has 5 unspecified atom stereocenters. The summed E-state index contributed by atoms with van der Waals surface area (Å²) in [5.74, 6) is -2.27. The highest BCUT2D eigenvalue weighted by atomic mass is 31.2. The Bertz CT molecular complexity index is 2680. The number of hydrogen-bond donors (Lipinski definition) is 3. The molecule has 5 atom stereocenters. The molecule has 0 saturated heterocycles. The Labute approximate surface area is 642 Å². The van der Waals surface area contributed by atoms with Crippen molar-refractivity contribution in [3.05, 3.63) is 170 Å². The van der Waals surface area contributed by atoms with Gasteiger partial charge in [-0.05, 0) is 167 Å². The van der Waals surface area contributed by atoms with Gasteiger partial charge >= 0.3 is 39.5 Å². The fourth-order valence-corrected chi connectivity index (χ4v) is 11.7. The molecule has 0 aromatic heterocycles. The van der Waals surface area contributed by atoms with Crippen molar-refractivity contribution in [2.75, 3.05) is 39.6 Å². The van der Waals surface area contributed by atoms with E-state index in [0.29, 0.717) is 25.7 Å². The molecular weight excluding hydrogens is 1380 g/mol. The molecule has 0 bridgehead atoms. The summed E-state index contributed by atoms with van der Waals surface area (Å²) in [5.41, 5.74) is 0. The number of unbranched alkanes of at least 4 members (excludes halogenated alkanes) is 20.